The van der Waals surface area contributed by atoms with Crippen molar-refractivity contribution in [2.45, 2.75) is 40.0 Å². The molecule has 0 aromatic heterocycles. The van der Waals surface area contributed by atoms with Crippen molar-refractivity contribution in [1.82, 2.24) is 10.9 Å². The molecule has 32 heavy (non-hydrogen) atoms. The van der Waals surface area contributed by atoms with Crippen LogP contribution in [0.2, 0.25) is 0 Å². The van der Waals surface area contributed by atoms with E-state index >= 15 is 0 Å². The topological polar surface area (TPSA) is 106 Å². The second-order valence-corrected chi connectivity index (χ2v) is 7.56. The molecule has 3 amide bonds. The van der Waals surface area contributed by atoms with Gasteiger partial charge < -0.3 is 14.8 Å². The van der Waals surface area contributed by atoms with Crippen LogP contribution in [-0.2, 0) is 9.59 Å². The number of ether oxygens (including phenoxy) is 2. The van der Waals surface area contributed by atoms with Gasteiger partial charge in [0.05, 0.1) is 13.2 Å². The lowest BCUT2D eigenvalue weighted by Gasteiger charge is -2.10. The number of hydrogen-bond donors (Lipinski definition) is 3. The number of carbonyl (C=O) groups excluding carboxylic acids is 3. The highest BCUT2D eigenvalue weighted by atomic mass is 16.5. The molecule has 0 aliphatic heterocycles. The molecule has 0 aliphatic rings. The fourth-order valence-corrected chi connectivity index (χ4v) is 2.63. The predicted molar refractivity (Wildman–Crippen MR) is 122 cm³/mol. The Hall–Kier alpha value is -3.55. The molecule has 0 heterocycles. The molecule has 2 aromatic carbocycles. The molecule has 2 rings (SSSR count). The van der Waals surface area contributed by atoms with Gasteiger partial charge in [-0.25, -0.2) is 0 Å². The summed E-state index contributed by atoms with van der Waals surface area (Å²) in [6.07, 6.45) is 0.871. The van der Waals surface area contributed by atoms with Crippen LogP contribution in [0.3, 0.4) is 0 Å². The van der Waals surface area contributed by atoms with Crippen LogP contribution < -0.4 is 25.6 Å². The summed E-state index contributed by atoms with van der Waals surface area (Å²) in [4.78, 5) is 36.1. The van der Waals surface area contributed by atoms with Gasteiger partial charge in [-0.2, -0.15) is 0 Å². The van der Waals surface area contributed by atoms with Crippen LogP contribution in [-0.4, -0.2) is 30.9 Å². The first-order valence-corrected chi connectivity index (χ1v) is 10.7. The Kier molecular flexibility index (Phi) is 10.0. The van der Waals surface area contributed by atoms with Gasteiger partial charge in [-0.15, -0.1) is 0 Å². The zero-order chi connectivity index (χ0) is 23.3. The highest BCUT2D eigenvalue weighted by molar-refractivity contribution is 5.96. The smallest absolute Gasteiger partial charge is 0.269 e. The summed E-state index contributed by atoms with van der Waals surface area (Å²) in [6, 6.07) is 13.6. The van der Waals surface area contributed by atoms with Gasteiger partial charge in [0.1, 0.15) is 11.5 Å². The third-order valence-electron chi connectivity index (χ3n) is 4.42. The number of hydrazine groups is 1. The van der Waals surface area contributed by atoms with E-state index in [1.54, 1.807) is 48.5 Å². The minimum absolute atomic E-state index is 0.0165. The normalized spacial score (nSPS) is 10.4. The fraction of sp³-hybridized carbons (Fsp3) is 0.375. The van der Waals surface area contributed by atoms with Crippen LogP contribution in [0.5, 0.6) is 11.5 Å². The molecule has 8 heteroatoms. The Labute approximate surface area is 188 Å². The first-order valence-electron chi connectivity index (χ1n) is 10.7. The number of anilines is 1. The van der Waals surface area contributed by atoms with E-state index in [0.717, 1.165) is 6.42 Å². The summed E-state index contributed by atoms with van der Waals surface area (Å²) in [6.45, 7) is 7.32. The second kappa shape index (κ2) is 13.0. The van der Waals surface area contributed by atoms with E-state index in [4.69, 9.17) is 9.47 Å². The summed E-state index contributed by atoms with van der Waals surface area (Å²) in [7, 11) is 0. The highest BCUT2D eigenvalue weighted by Crippen LogP contribution is 2.16. The number of nitrogens with one attached hydrogen (secondary N) is 3. The van der Waals surface area contributed by atoms with Crippen LogP contribution in [0.15, 0.2) is 48.5 Å². The first kappa shape index (κ1) is 24.7. The summed E-state index contributed by atoms with van der Waals surface area (Å²) in [5, 5.41) is 2.71. The van der Waals surface area contributed by atoms with Gasteiger partial charge >= 0.3 is 0 Å². The maximum atomic E-state index is 12.2. The number of amides is 3. The number of rotatable bonds is 11. The van der Waals surface area contributed by atoms with Crippen molar-refractivity contribution in [3.05, 3.63) is 54.1 Å². The Balaban J connectivity index is 1.68. The summed E-state index contributed by atoms with van der Waals surface area (Å²) in [5.41, 5.74) is 5.66. The maximum Gasteiger partial charge on any atom is 0.269 e. The van der Waals surface area contributed by atoms with Gasteiger partial charge in [0.15, 0.2) is 0 Å². The van der Waals surface area contributed by atoms with E-state index in [2.05, 4.69) is 30.0 Å². The van der Waals surface area contributed by atoms with Crippen molar-refractivity contribution < 1.29 is 23.9 Å². The van der Waals surface area contributed by atoms with Crippen LogP contribution in [0.1, 0.15) is 50.4 Å². The minimum Gasteiger partial charge on any atom is -0.494 e. The predicted octanol–water partition coefficient (Wildman–Crippen LogP) is 3.69. The molecule has 0 atom stereocenters. The summed E-state index contributed by atoms with van der Waals surface area (Å²) >= 11 is 0. The Morgan fingerprint density at radius 2 is 1.41 bits per heavy atom. The zero-order valence-corrected chi connectivity index (χ0v) is 18.8. The number of benzene rings is 2. The molecule has 0 saturated heterocycles. The van der Waals surface area contributed by atoms with E-state index in [0.29, 0.717) is 41.9 Å². The Morgan fingerprint density at radius 3 is 2.03 bits per heavy atom. The third kappa shape index (κ3) is 9.07. The molecular formula is C24H31N3O5. The first-order chi connectivity index (χ1) is 15.4. The van der Waals surface area contributed by atoms with Gasteiger partial charge in [0.25, 0.3) is 5.91 Å². The molecule has 2 aromatic rings. The lowest BCUT2D eigenvalue weighted by molar-refractivity contribution is -0.124. The zero-order valence-electron chi connectivity index (χ0n) is 18.8. The summed E-state index contributed by atoms with van der Waals surface area (Å²) < 4.78 is 11.0. The van der Waals surface area contributed by atoms with E-state index in [9.17, 15) is 14.4 Å². The lowest BCUT2D eigenvalue weighted by atomic mass is 10.1. The molecule has 0 aliphatic carbocycles. The molecule has 0 saturated carbocycles. The van der Waals surface area contributed by atoms with E-state index in [1.165, 1.54) is 0 Å². The molecule has 3 N–H and O–H groups in total. The Bertz CT molecular complexity index is 880. The van der Waals surface area contributed by atoms with Gasteiger partial charge in [-0.1, -0.05) is 13.8 Å². The summed E-state index contributed by atoms with van der Waals surface area (Å²) in [5.74, 6) is 0.740. The molecule has 0 unspecified atom stereocenters. The van der Waals surface area contributed by atoms with Gasteiger partial charge in [-0.3, -0.25) is 25.2 Å². The van der Waals surface area contributed by atoms with Gasteiger partial charge in [0, 0.05) is 24.1 Å². The van der Waals surface area contributed by atoms with Crippen molar-refractivity contribution in [2.75, 3.05) is 18.5 Å². The SMILES string of the molecule is CCOc1ccc(NC(=O)CCC(=O)NNC(=O)c2ccc(OCCC(C)C)cc2)cc1. The van der Waals surface area contributed by atoms with Crippen molar-refractivity contribution in [3.63, 3.8) is 0 Å². The van der Waals surface area contributed by atoms with Gasteiger partial charge in [-0.05, 0) is 67.8 Å². The van der Waals surface area contributed by atoms with Crippen LogP contribution in [0.25, 0.3) is 0 Å². The quantitative estimate of drug-likeness (QED) is 0.461. The lowest BCUT2D eigenvalue weighted by Crippen LogP contribution is -2.41. The van der Waals surface area contributed by atoms with Crippen LogP contribution in [0, 0.1) is 5.92 Å². The molecule has 0 spiro atoms. The van der Waals surface area contributed by atoms with Crippen molar-refractivity contribution in [1.29, 1.82) is 0 Å². The van der Waals surface area contributed by atoms with Crippen LogP contribution >= 0.6 is 0 Å². The van der Waals surface area contributed by atoms with E-state index in [-0.39, 0.29) is 18.7 Å². The molecule has 172 valence electrons. The number of hydrogen-bond acceptors (Lipinski definition) is 5. The minimum atomic E-state index is -0.464. The highest BCUT2D eigenvalue weighted by Gasteiger charge is 2.10. The molecule has 0 bridgehead atoms. The standard InChI is InChI=1S/C24H31N3O5/c1-4-31-20-11-7-19(8-12-20)25-22(28)13-14-23(29)26-27-24(30)18-5-9-21(10-6-18)32-16-15-17(2)3/h5-12,17H,4,13-16H2,1-3H3,(H,25,28)(H,26,29)(H,27,30). The monoisotopic (exact) mass is 441 g/mol. The van der Waals surface area contributed by atoms with Gasteiger partial charge in [0.2, 0.25) is 11.8 Å². The van der Waals surface area contributed by atoms with Crippen LogP contribution in [0.4, 0.5) is 5.69 Å². The van der Waals surface area contributed by atoms with Crippen molar-refractivity contribution in [3.8, 4) is 11.5 Å². The fourth-order valence-electron chi connectivity index (χ4n) is 2.63. The van der Waals surface area contributed by atoms with E-state index < -0.39 is 11.8 Å². The van der Waals surface area contributed by atoms with Crippen molar-refractivity contribution in [2.24, 2.45) is 5.92 Å². The third-order valence-corrected chi connectivity index (χ3v) is 4.42. The molecule has 8 nitrogen and oxygen atoms in total. The average molecular weight is 442 g/mol. The number of carbonyl (C=O) groups is 3. The Morgan fingerprint density at radius 1 is 0.812 bits per heavy atom. The van der Waals surface area contributed by atoms with E-state index in [1.807, 2.05) is 6.92 Å². The average Bonchev–Trinajstić information content (AvgIpc) is 2.78. The maximum absolute atomic E-state index is 12.2. The largest absolute Gasteiger partial charge is 0.494 e. The molecule has 0 fully saturated rings. The molecule has 0 radical (unpaired) electrons. The van der Waals surface area contributed by atoms with Crippen molar-refractivity contribution >= 4 is 23.4 Å². The second-order valence-electron chi connectivity index (χ2n) is 7.56. The molecular weight excluding hydrogens is 410 g/mol.